The maximum atomic E-state index is 9.20. The minimum Gasteiger partial charge on any atom is -0.495 e. The lowest BCUT2D eigenvalue weighted by molar-refractivity contribution is 0.165. The number of aromatic nitrogens is 2. The molecular formula is C15H21N3O2. The number of fused-ring (bicyclic) bond motifs is 1. The van der Waals surface area contributed by atoms with Crippen LogP contribution in [0.5, 0.6) is 5.75 Å². The van der Waals surface area contributed by atoms with Crippen molar-refractivity contribution in [1.82, 2.24) is 9.78 Å². The zero-order valence-electron chi connectivity index (χ0n) is 11.7. The monoisotopic (exact) mass is 275 g/mol. The first kappa shape index (κ1) is 13.2. The molecule has 1 aliphatic rings. The lowest BCUT2D eigenvalue weighted by atomic mass is 9.87. The fraction of sp³-hybridized carbons (Fsp3) is 0.533. The molecule has 1 aromatic heterocycles. The number of hydrogen-bond donors (Lipinski definition) is 2. The average molecular weight is 275 g/mol. The number of anilines is 1. The van der Waals surface area contributed by atoms with Gasteiger partial charge < -0.3 is 15.6 Å². The third-order valence-electron chi connectivity index (χ3n) is 4.32. The highest BCUT2D eigenvalue weighted by Gasteiger charge is 2.22. The summed E-state index contributed by atoms with van der Waals surface area (Å²) in [5.74, 6) is 1.14. The van der Waals surface area contributed by atoms with E-state index in [1.807, 2.05) is 12.1 Å². The van der Waals surface area contributed by atoms with E-state index in [4.69, 9.17) is 10.5 Å². The third-order valence-corrected chi connectivity index (χ3v) is 4.32. The van der Waals surface area contributed by atoms with Crippen LogP contribution in [0.2, 0.25) is 0 Å². The van der Waals surface area contributed by atoms with E-state index in [1.54, 1.807) is 7.11 Å². The number of nitrogen functional groups attached to an aromatic ring is 1. The normalized spacial score (nSPS) is 23.1. The Hall–Kier alpha value is -1.75. The molecule has 5 heteroatoms. The molecule has 0 atom stereocenters. The summed E-state index contributed by atoms with van der Waals surface area (Å²) in [6.07, 6.45) is 6.36. The molecule has 0 saturated heterocycles. The van der Waals surface area contributed by atoms with E-state index in [-0.39, 0.29) is 0 Å². The van der Waals surface area contributed by atoms with Crippen LogP contribution in [0.25, 0.3) is 10.9 Å². The molecule has 20 heavy (non-hydrogen) atoms. The number of nitrogens with zero attached hydrogens (tertiary/aromatic N) is 2. The molecule has 0 amide bonds. The molecule has 5 nitrogen and oxygen atoms in total. The Labute approximate surface area is 118 Å². The van der Waals surface area contributed by atoms with E-state index in [2.05, 4.69) is 16.0 Å². The van der Waals surface area contributed by atoms with E-state index in [0.717, 1.165) is 36.6 Å². The van der Waals surface area contributed by atoms with Crippen molar-refractivity contribution in [3.63, 3.8) is 0 Å². The SMILES string of the molecule is COc1cc2nn([C@H]3CC[C@H](CO)CC3)cc2cc1N. The van der Waals surface area contributed by atoms with Gasteiger partial charge in [0.1, 0.15) is 5.75 Å². The molecule has 0 radical (unpaired) electrons. The van der Waals surface area contributed by atoms with Crippen LogP contribution in [-0.4, -0.2) is 28.6 Å². The molecule has 2 aromatic rings. The molecule has 1 aliphatic carbocycles. The second-order valence-electron chi connectivity index (χ2n) is 5.62. The Balaban J connectivity index is 1.86. The number of benzene rings is 1. The first-order chi connectivity index (χ1) is 9.71. The van der Waals surface area contributed by atoms with Gasteiger partial charge in [0.25, 0.3) is 0 Å². The summed E-state index contributed by atoms with van der Waals surface area (Å²) in [6.45, 7) is 0.307. The zero-order chi connectivity index (χ0) is 14.1. The van der Waals surface area contributed by atoms with Crippen molar-refractivity contribution in [3.05, 3.63) is 18.3 Å². The van der Waals surface area contributed by atoms with Crippen molar-refractivity contribution in [2.75, 3.05) is 19.5 Å². The Morgan fingerprint density at radius 1 is 1.35 bits per heavy atom. The lowest BCUT2D eigenvalue weighted by Gasteiger charge is -2.27. The van der Waals surface area contributed by atoms with Crippen LogP contribution in [0.1, 0.15) is 31.7 Å². The highest BCUT2D eigenvalue weighted by molar-refractivity contribution is 5.84. The largest absolute Gasteiger partial charge is 0.495 e. The molecule has 0 bridgehead atoms. The van der Waals surface area contributed by atoms with Gasteiger partial charge in [0.05, 0.1) is 24.4 Å². The molecule has 108 valence electrons. The molecule has 1 saturated carbocycles. The Bertz CT molecular complexity index is 600. The van der Waals surface area contributed by atoms with Gasteiger partial charge in [0, 0.05) is 24.3 Å². The van der Waals surface area contributed by atoms with Crippen molar-refractivity contribution in [1.29, 1.82) is 0 Å². The zero-order valence-corrected chi connectivity index (χ0v) is 11.7. The van der Waals surface area contributed by atoms with Gasteiger partial charge in [-0.1, -0.05) is 0 Å². The van der Waals surface area contributed by atoms with Crippen LogP contribution < -0.4 is 10.5 Å². The first-order valence-corrected chi connectivity index (χ1v) is 7.14. The van der Waals surface area contributed by atoms with Gasteiger partial charge in [-0.3, -0.25) is 4.68 Å². The predicted molar refractivity (Wildman–Crippen MR) is 78.8 cm³/mol. The molecular weight excluding hydrogens is 254 g/mol. The van der Waals surface area contributed by atoms with E-state index in [9.17, 15) is 5.11 Å². The Kier molecular flexibility index (Phi) is 3.53. The minimum atomic E-state index is 0.307. The second-order valence-corrected chi connectivity index (χ2v) is 5.62. The summed E-state index contributed by atoms with van der Waals surface area (Å²) < 4.78 is 7.29. The molecule has 1 aromatic carbocycles. The van der Waals surface area contributed by atoms with Crippen LogP contribution >= 0.6 is 0 Å². The van der Waals surface area contributed by atoms with Crippen molar-refractivity contribution < 1.29 is 9.84 Å². The van der Waals surface area contributed by atoms with Gasteiger partial charge in [0.2, 0.25) is 0 Å². The average Bonchev–Trinajstić information content (AvgIpc) is 2.89. The van der Waals surface area contributed by atoms with Crippen LogP contribution in [-0.2, 0) is 0 Å². The van der Waals surface area contributed by atoms with Crippen molar-refractivity contribution in [2.24, 2.45) is 5.92 Å². The van der Waals surface area contributed by atoms with Gasteiger partial charge in [-0.2, -0.15) is 5.10 Å². The lowest BCUT2D eigenvalue weighted by Crippen LogP contribution is -2.20. The summed E-state index contributed by atoms with van der Waals surface area (Å²) in [4.78, 5) is 0. The quantitative estimate of drug-likeness (QED) is 0.843. The fourth-order valence-electron chi connectivity index (χ4n) is 3.05. The smallest absolute Gasteiger partial charge is 0.144 e. The van der Waals surface area contributed by atoms with Gasteiger partial charge >= 0.3 is 0 Å². The first-order valence-electron chi connectivity index (χ1n) is 7.14. The van der Waals surface area contributed by atoms with Crippen molar-refractivity contribution in [3.8, 4) is 5.75 Å². The highest BCUT2D eigenvalue weighted by atomic mass is 16.5. The third kappa shape index (κ3) is 2.33. The number of aliphatic hydroxyl groups excluding tert-OH is 1. The molecule has 1 fully saturated rings. The molecule has 0 aliphatic heterocycles. The summed E-state index contributed by atoms with van der Waals surface area (Å²) in [5, 5.41) is 14.9. The van der Waals surface area contributed by atoms with Crippen molar-refractivity contribution >= 4 is 16.6 Å². The number of ether oxygens (including phenoxy) is 1. The second kappa shape index (κ2) is 5.32. The fourth-order valence-corrected chi connectivity index (χ4v) is 3.05. The van der Waals surface area contributed by atoms with Crippen LogP contribution in [0, 0.1) is 5.92 Å². The standard InChI is InChI=1S/C15H21N3O2/c1-20-15-7-14-11(6-13(15)16)8-18(17-14)12-4-2-10(9-19)3-5-12/h6-8,10,12,19H,2-5,9,16H2,1H3/t10-,12-. The minimum absolute atomic E-state index is 0.307. The Morgan fingerprint density at radius 2 is 2.10 bits per heavy atom. The molecule has 3 N–H and O–H groups in total. The van der Waals surface area contributed by atoms with E-state index in [1.165, 1.54) is 0 Å². The summed E-state index contributed by atoms with van der Waals surface area (Å²) in [7, 11) is 1.62. The highest BCUT2D eigenvalue weighted by Crippen LogP contribution is 2.33. The summed E-state index contributed by atoms with van der Waals surface area (Å²) in [5.41, 5.74) is 7.49. The number of hydrogen-bond acceptors (Lipinski definition) is 4. The predicted octanol–water partition coefficient (Wildman–Crippen LogP) is 2.35. The number of rotatable bonds is 3. The van der Waals surface area contributed by atoms with Crippen molar-refractivity contribution in [2.45, 2.75) is 31.7 Å². The molecule has 1 heterocycles. The summed E-state index contributed by atoms with van der Waals surface area (Å²) >= 11 is 0. The topological polar surface area (TPSA) is 73.3 Å². The Morgan fingerprint density at radius 3 is 2.75 bits per heavy atom. The van der Waals surface area contributed by atoms with Crippen LogP contribution in [0.4, 0.5) is 5.69 Å². The maximum absolute atomic E-state index is 9.20. The van der Waals surface area contributed by atoms with E-state index < -0.39 is 0 Å². The molecule has 0 unspecified atom stereocenters. The maximum Gasteiger partial charge on any atom is 0.144 e. The van der Waals surface area contributed by atoms with Gasteiger partial charge in [-0.25, -0.2) is 0 Å². The van der Waals surface area contributed by atoms with E-state index in [0.29, 0.717) is 30.0 Å². The van der Waals surface area contributed by atoms with Crippen LogP contribution in [0.3, 0.4) is 0 Å². The molecule has 0 spiro atoms. The number of aliphatic hydroxyl groups is 1. The van der Waals surface area contributed by atoms with E-state index >= 15 is 0 Å². The van der Waals surface area contributed by atoms with Gasteiger partial charge in [-0.05, 0) is 37.7 Å². The summed E-state index contributed by atoms with van der Waals surface area (Å²) in [6, 6.07) is 4.23. The molecule has 3 rings (SSSR count). The van der Waals surface area contributed by atoms with Gasteiger partial charge in [0.15, 0.2) is 0 Å². The van der Waals surface area contributed by atoms with Crippen LogP contribution in [0.15, 0.2) is 18.3 Å². The number of nitrogens with two attached hydrogens (primary N) is 1. The number of methoxy groups -OCH3 is 1. The van der Waals surface area contributed by atoms with Gasteiger partial charge in [-0.15, -0.1) is 0 Å².